The van der Waals surface area contributed by atoms with Crippen molar-refractivity contribution in [2.24, 2.45) is 0 Å². The summed E-state index contributed by atoms with van der Waals surface area (Å²) < 4.78 is 31.8. The first-order valence-electron chi connectivity index (χ1n) is 3.53. The first-order chi connectivity index (χ1) is 6.07. The zero-order chi connectivity index (χ0) is 10.0. The predicted molar refractivity (Wildman–Crippen MR) is 57.9 cm³/mol. The summed E-state index contributed by atoms with van der Waals surface area (Å²) >= 11 is 4.82. The lowest BCUT2D eigenvalue weighted by molar-refractivity contribution is 0.311. The molecule has 0 unspecified atom stereocenters. The van der Waals surface area contributed by atoms with Gasteiger partial charge < -0.3 is 4.74 Å². The molecule has 0 heterocycles. The Hall–Kier alpha value is 0.0900. The molecule has 0 aliphatic rings. The summed E-state index contributed by atoms with van der Waals surface area (Å²) in [6.45, 7) is 2.01. The van der Waals surface area contributed by atoms with Gasteiger partial charge in [-0.2, -0.15) is 4.39 Å². The van der Waals surface area contributed by atoms with Gasteiger partial charge in [0.05, 0.1) is 14.6 Å². The van der Waals surface area contributed by atoms with Crippen LogP contribution in [0.1, 0.15) is 6.92 Å². The SMILES string of the molecule is CCOc1c(Br)cc(I)c(F)c1F. The van der Waals surface area contributed by atoms with Crippen LogP contribution in [0.4, 0.5) is 8.78 Å². The standard InChI is InChI=1S/C8H6BrF2IO/c1-2-13-8-4(9)3-5(12)6(10)7(8)11/h3H,2H2,1H3. The molecule has 5 heteroatoms. The molecule has 1 aromatic rings. The summed E-state index contributed by atoms with van der Waals surface area (Å²) in [5, 5.41) is 0. The van der Waals surface area contributed by atoms with Crippen molar-refractivity contribution in [1.82, 2.24) is 0 Å². The average molecular weight is 363 g/mol. The van der Waals surface area contributed by atoms with Crippen LogP contribution in [0.3, 0.4) is 0 Å². The lowest BCUT2D eigenvalue weighted by Gasteiger charge is -2.08. The quantitative estimate of drug-likeness (QED) is 0.442. The Bertz CT molecular complexity index is 330. The smallest absolute Gasteiger partial charge is 0.202 e. The predicted octanol–water partition coefficient (Wildman–Crippen LogP) is 3.73. The van der Waals surface area contributed by atoms with E-state index in [9.17, 15) is 8.78 Å². The highest BCUT2D eigenvalue weighted by Crippen LogP contribution is 2.32. The van der Waals surface area contributed by atoms with E-state index in [0.29, 0.717) is 11.1 Å². The summed E-state index contributed by atoms with van der Waals surface area (Å²) in [6, 6.07) is 1.48. The van der Waals surface area contributed by atoms with Crippen LogP contribution < -0.4 is 4.74 Å². The van der Waals surface area contributed by atoms with Crippen LogP contribution in [0.5, 0.6) is 5.75 Å². The molecule has 0 N–H and O–H groups in total. The topological polar surface area (TPSA) is 9.23 Å². The van der Waals surface area contributed by atoms with E-state index in [4.69, 9.17) is 4.74 Å². The van der Waals surface area contributed by atoms with Crippen molar-refractivity contribution < 1.29 is 13.5 Å². The molecule has 0 bridgehead atoms. The number of rotatable bonds is 2. The largest absolute Gasteiger partial charge is 0.489 e. The normalized spacial score (nSPS) is 10.2. The molecule has 0 aliphatic heterocycles. The van der Waals surface area contributed by atoms with Crippen molar-refractivity contribution in [3.63, 3.8) is 0 Å². The Morgan fingerprint density at radius 2 is 2.08 bits per heavy atom. The molecule has 0 amide bonds. The van der Waals surface area contributed by atoms with E-state index in [0.717, 1.165) is 0 Å². The number of ether oxygens (including phenoxy) is 1. The number of benzene rings is 1. The second-order valence-electron chi connectivity index (χ2n) is 2.23. The molecule has 0 aromatic heterocycles. The van der Waals surface area contributed by atoms with Gasteiger partial charge >= 0.3 is 0 Å². The van der Waals surface area contributed by atoms with Crippen LogP contribution in [0.25, 0.3) is 0 Å². The maximum absolute atomic E-state index is 13.2. The summed E-state index contributed by atoms with van der Waals surface area (Å²) in [5.74, 6) is -1.88. The van der Waals surface area contributed by atoms with E-state index in [1.807, 2.05) is 0 Å². The second-order valence-corrected chi connectivity index (χ2v) is 4.25. The molecular weight excluding hydrogens is 357 g/mol. The minimum Gasteiger partial charge on any atom is -0.489 e. The summed E-state index contributed by atoms with van der Waals surface area (Å²) in [4.78, 5) is 0. The number of halogens is 4. The van der Waals surface area contributed by atoms with Crippen LogP contribution >= 0.6 is 38.5 Å². The molecule has 0 spiro atoms. The molecule has 1 aromatic carbocycles. The molecule has 0 fully saturated rings. The average Bonchev–Trinajstić information content (AvgIpc) is 2.09. The van der Waals surface area contributed by atoms with E-state index >= 15 is 0 Å². The summed E-state index contributed by atoms with van der Waals surface area (Å²) in [6.07, 6.45) is 0. The van der Waals surface area contributed by atoms with E-state index in [2.05, 4.69) is 15.9 Å². The minimum atomic E-state index is -0.944. The Balaban J connectivity index is 3.26. The molecule has 13 heavy (non-hydrogen) atoms. The van der Waals surface area contributed by atoms with Crippen LogP contribution in [-0.4, -0.2) is 6.61 Å². The van der Waals surface area contributed by atoms with Gasteiger partial charge in [-0.15, -0.1) is 0 Å². The Morgan fingerprint density at radius 3 is 2.62 bits per heavy atom. The maximum Gasteiger partial charge on any atom is 0.202 e. The second kappa shape index (κ2) is 4.54. The van der Waals surface area contributed by atoms with Gasteiger partial charge in [0.2, 0.25) is 5.82 Å². The first kappa shape index (κ1) is 11.2. The van der Waals surface area contributed by atoms with Gasteiger partial charge in [-0.3, -0.25) is 0 Å². The molecule has 0 atom stereocenters. The van der Waals surface area contributed by atoms with E-state index < -0.39 is 11.6 Å². The van der Waals surface area contributed by atoms with Crippen molar-refractivity contribution in [2.75, 3.05) is 6.61 Å². The molecular formula is C8H6BrF2IO. The maximum atomic E-state index is 13.2. The summed E-state index contributed by atoms with van der Waals surface area (Å²) in [5.41, 5.74) is 0. The molecule has 0 saturated heterocycles. The molecule has 0 saturated carbocycles. The lowest BCUT2D eigenvalue weighted by Crippen LogP contribution is -1.99. The zero-order valence-corrected chi connectivity index (χ0v) is 10.4. The van der Waals surface area contributed by atoms with Gasteiger partial charge in [0.25, 0.3) is 0 Å². The first-order valence-corrected chi connectivity index (χ1v) is 5.40. The zero-order valence-electron chi connectivity index (χ0n) is 6.70. The fourth-order valence-corrected chi connectivity index (χ4v) is 2.32. The van der Waals surface area contributed by atoms with Crippen molar-refractivity contribution in [1.29, 1.82) is 0 Å². The third-order valence-corrected chi connectivity index (χ3v) is 2.73. The summed E-state index contributed by atoms with van der Waals surface area (Å²) in [7, 11) is 0. The van der Waals surface area contributed by atoms with E-state index in [1.54, 1.807) is 29.5 Å². The van der Waals surface area contributed by atoms with Crippen molar-refractivity contribution >= 4 is 38.5 Å². The molecule has 1 nitrogen and oxygen atoms in total. The highest BCUT2D eigenvalue weighted by Gasteiger charge is 2.16. The molecule has 72 valence electrons. The van der Waals surface area contributed by atoms with Crippen LogP contribution in [-0.2, 0) is 0 Å². The fraction of sp³-hybridized carbons (Fsp3) is 0.250. The van der Waals surface area contributed by atoms with Crippen molar-refractivity contribution in [2.45, 2.75) is 6.92 Å². The molecule has 1 rings (SSSR count). The third kappa shape index (κ3) is 2.31. The van der Waals surface area contributed by atoms with Crippen molar-refractivity contribution in [3.05, 3.63) is 25.7 Å². The van der Waals surface area contributed by atoms with E-state index in [1.165, 1.54) is 6.07 Å². The third-order valence-electron chi connectivity index (χ3n) is 1.36. The fourth-order valence-electron chi connectivity index (χ4n) is 0.826. The molecule has 0 radical (unpaired) electrons. The molecule has 0 aliphatic carbocycles. The number of hydrogen-bond donors (Lipinski definition) is 0. The minimum absolute atomic E-state index is 0.0691. The van der Waals surface area contributed by atoms with E-state index in [-0.39, 0.29) is 9.32 Å². The van der Waals surface area contributed by atoms with Crippen LogP contribution in [0, 0.1) is 15.2 Å². The Morgan fingerprint density at radius 1 is 1.46 bits per heavy atom. The van der Waals surface area contributed by atoms with Crippen LogP contribution in [0.2, 0.25) is 0 Å². The Kier molecular flexibility index (Phi) is 3.90. The number of hydrogen-bond acceptors (Lipinski definition) is 1. The highest BCUT2D eigenvalue weighted by molar-refractivity contribution is 14.1. The van der Waals surface area contributed by atoms with Crippen molar-refractivity contribution in [3.8, 4) is 5.75 Å². The highest BCUT2D eigenvalue weighted by atomic mass is 127. The van der Waals surface area contributed by atoms with Gasteiger partial charge in [-0.1, -0.05) is 0 Å². The lowest BCUT2D eigenvalue weighted by atomic mass is 10.3. The van der Waals surface area contributed by atoms with Gasteiger partial charge in [-0.25, -0.2) is 4.39 Å². The van der Waals surface area contributed by atoms with Gasteiger partial charge in [0.15, 0.2) is 11.6 Å². The van der Waals surface area contributed by atoms with Gasteiger partial charge in [-0.05, 0) is 51.5 Å². The monoisotopic (exact) mass is 362 g/mol. The van der Waals surface area contributed by atoms with Gasteiger partial charge in [0, 0.05) is 0 Å². The van der Waals surface area contributed by atoms with Gasteiger partial charge in [0.1, 0.15) is 0 Å². The Labute approximate surface area is 96.7 Å². The van der Waals surface area contributed by atoms with Crippen LogP contribution in [0.15, 0.2) is 10.5 Å².